The van der Waals surface area contributed by atoms with Crippen LogP contribution in [0.4, 0.5) is 0 Å². The molecule has 0 fully saturated rings. The molecule has 4 nitrogen and oxygen atoms in total. The normalized spacial score (nSPS) is 22.4. The van der Waals surface area contributed by atoms with Crippen LogP contribution in [0.15, 0.2) is 51.3 Å². The number of carbonyl (C=O) groups excluding carboxylic acids is 2. The van der Waals surface area contributed by atoms with Crippen molar-refractivity contribution in [2.24, 2.45) is 5.41 Å². The first-order valence-corrected chi connectivity index (χ1v) is 9.15. The summed E-state index contributed by atoms with van der Waals surface area (Å²) in [6.07, 6.45) is 1.59. The molecule has 0 saturated heterocycles. The van der Waals surface area contributed by atoms with Crippen molar-refractivity contribution in [3.8, 4) is 0 Å². The molecule has 25 heavy (non-hydrogen) atoms. The molecule has 1 aromatic rings. The molecule has 2 aliphatic rings. The average molecular weight is 404 g/mol. The SMILES string of the molecule is COC(=O)C1=C(C)NC2=C(C(=O)C(C)(C)CC2)C1c1ccccc1Br. The third-order valence-corrected chi connectivity index (χ3v) is 5.85. The van der Waals surface area contributed by atoms with E-state index in [1.165, 1.54) is 7.11 Å². The number of methoxy groups -OCH3 is 1. The molecule has 0 bridgehead atoms. The zero-order valence-corrected chi connectivity index (χ0v) is 16.5. The maximum absolute atomic E-state index is 13.3. The molecule has 0 aromatic heterocycles. The highest BCUT2D eigenvalue weighted by atomic mass is 79.9. The van der Waals surface area contributed by atoms with E-state index in [4.69, 9.17) is 4.74 Å². The van der Waals surface area contributed by atoms with Gasteiger partial charge < -0.3 is 10.1 Å². The Morgan fingerprint density at radius 3 is 2.64 bits per heavy atom. The van der Waals surface area contributed by atoms with E-state index in [-0.39, 0.29) is 5.78 Å². The van der Waals surface area contributed by atoms with Crippen molar-refractivity contribution in [1.29, 1.82) is 0 Å². The van der Waals surface area contributed by atoms with Gasteiger partial charge in [0, 0.05) is 32.8 Å². The summed E-state index contributed by atoms with van der Waals surface area (Å²) >= 11 is 3.59. The van der Waals surface area contributed by atoms with E-state index in [2.05, 4.69) is 21.2 Å². The van der Waals surface area contributed by atoms with Gasteiger partial charge in [-0.2, -0.15) is 0 Å². The Morgan fingerprint density at radius 1 is 1.32 bits per heavy atom. The molecule has 1 N–H and O–H groups in total. The van der Waals surface area contributed by atoms with Gasteiger partial charge in [0.15, 0.2) is 5.78 Å². The summed E-state index contributed by atoms with van der Waals surface area (Å²) in [7, 11) is 1.37. The van der Waals surface area contributed by atoms with Crippen LogP contribution in [0, 0.1) is 5.41 Å². The van der Waals surface area contributed by atoms with E-state index < -0.39 is 17.3 Å². The summed E-state index contributed by atoms with van der Waals surface area (Å²) in [5, 5.41) is 3.29. The predicted molar refractivity (Wildman–Crippen MR) is 99.8 cm³/mol. The number of halogens is 1. The molecule has 1 aromatic carbocycles. The highest BCUT2D eigenvalue weighted by molar-refractivity contribution is 9.10. The van der Waals surface area contributed by atoms with E-state index >= 15 is 0 Å². The van der Waals surface area contributed by atoms with Crippen LogP contribution in [-0.2, 0) is 14.3 Å². The van der Waals surface area contributed by atoms with E-state index in [9.17, 15) is 9.59 Å². The molecule has 5 heteroatoms. The number of ether oxygens (including phenoxy) is 1. The Hall–Kier alpha value is -1.88. The van der Waals surface area contributed by atoms with Gasteiger partial charge in [0.25, 0.3) is 0 Å². The van der Waals surface area contributed by atoms with Crippen LogP contribution in [0.1, 0.15) is 45.1 Å². The van der Waals surface area contributed by atoms with Crippen LogP contribution >= 0.6 is 15.9 Å². The molecular formula is C20H22BrNO3. The molecule has 0 amide bonds. The van der Waals surface area contributed by atoms with Crippen molar-refractivity contribution >= 4 is 27.7 Å². The van der Waals surface area contributed by atoms with Gasteiger partial charge in [-0.15, -0.1) is 0 Å². The van der Waals surface area contributed by atoms with Gasteiger partial charge in [-0.1, -0.05) is 48.0 Å². The number of esters is 1. The van der Waals surface area contributed by atoms with Crippen molar-refractivity contribution < 1.29 is 14.3 Å². The largest absolute Gasteiger partial charge is 0.466 e. The molecule has 0 spiro atoms. The van der Waals surface area contributed by atoms with Gasteiger partial charge in [0.1, 0.15) is 0 Å². The van der Waals surface area contributed by atoms with Crippen LogP contribution in [0.5, 0.6) is 0 Å². The number of benzene rings is 1. The third-order valence-electron chi connectivity index (χ3n) is 5.13. The minimum atomic E-state index is -0.438. The zero-order valence-electron chi connectivity index (χ0n) is 14.9. The second kappa shape index (κ2) is 6.45. The Morgan fingerprint density at radius 2 is 2.00 bits per heavy atom. The highest BCUT2D eigenvalue weighted by Gasteiger charge is 2.45. The first-order chi connectivity index (χ1) is 11.8. The maximum atomic E-state index is 13.3. The molecule has 0 radical (unpaired) electrons. The number of rotatable bonds is 2. The van der Waals surface area contributed by atoms with Crippen LogP contribution in [-0.4, -0.2) is 18.9 Å². The van der Waals surface area contributed by atoms with Crippen molar-refractivity contribution in [3.63, 3.8) is 0 Å². The van der Waals surface area contributed by atoms with Gasteiger partial charge in [0.2, 0.25) is 0 Å². The van der Waals surface area contributed by atoms with Crippen molar-refractivity contribution in [2.75, 3.05) is 7.11 Å². The lowest BCUT2D eigenvalue weighted by atomic mass is 9.67. The van der Waals surface area contributed by atoms with E-state index in [1.54, 1.807) is 0 Å². The van der Waals surface area contributed by atoms with Gasteiger partial charge in [-0.25, -0.2) is 4.79 Å². The molecule has 1 aliphatic carbocycles. The second-order valence-electron chi connectivity index (χ2n) is 7.22. The summed E-state index contributed by atoms with van der Waals surface area (Å²) in [5.41, 5.74) is 3.33. The summed E-state index contributed by atoms with van der Waals surface area (Å²) < 4.78 is 5.91. The zero-order chi connectivity index (χ0) is 18.4. The number of nitrogens with one attached hydrogen (secondary N) is 1. The van der Waals surface area contributed by atoms with Crippen molar-refractivity contribution in [2.45, 2.75) is 39.5 Å². The number of Topliss-reactive ketones (excluding diaryl/α,β-unsaturated/α-hetero) is 1. The number of carbonyl (C=O) groups is 2. The molecule has 1 atom stereocenters. The third kappa shape index (κ3) is 2.95. The molecule has 132 valence electrons. The summed E-state index contributed by atoms with van der Waals surface area (Å²) in [4.78, 5) is 25.8. The lowest BCUT2D eigenvalue weighted by Crippen LogP contribution is -2.40. The number of ketones is 1. The number of hydrogen-bond donors (Lipinski definition) is 1. The minimum Gasteiger partial charge on any atom is -0.466 e. The van der Waals surface area contributed by atoms with Crippen LogP contribution in [0.3, 0.4) is 0 Å². The van der Waals surface area contributed by atoms with Crippen LogP contribution in [0.2, 0.25) is 0 Å². The topological polar surface area (TPSA) is 55.4 Å². The fraction of sp³-hybridized carbons (Fsp3) is 0.400. The number of dihydropyridines is 1. The van der Waals surface area contributed by atoms with E-state index in [1.807, 2.05) is 45.0 Å². The van der Waals surface area contributed by atoms with Crippen molar-refractivity contribution in [1.82, 2.24) is 5.32 Å². The van der Waals surface area contributed by atoms with E-state index in [0.29, 0.717) is 11.1 Å². The lowest BCUT2D eigenvalue weighted by molar-refractivity contribution is -0.136. The van der Waals surface area contributed by atoms with Gasteiger partial charge in [-0.05, 0) is 31.4 Å². The Balaban J connectivity index is 2.26. The Kier molecular flexibility index (Phi) is 4.62. The van der Waals surface area contributed by atoms with Gasteiger partial charge >= 0.3 is 5.97 Å². The molecule has 1 unspecified atom stereocenters. The highest BCUT2D eigenvalue weighted by Crippen LogP contribution is 2.48. The van der Waals surface area contributed by atoms with Crippen LogP contribution < -0.4 is 5.32 Å². The molecule has 1 heterocycles. The standard InChI is InChI=1S/C20H22BrNO3/c1-11-15(19(24)25-4)16(12-7-5-6-8-13(12)21)17-14(22-11)9-10-20(2,3)18(17)23/h5-8,16,22H,9-10H2,1-4H3. The fourth-order valence-corrected chi connectivity index (χ4v) is 4.19. The number of allylic oxidation sites excluding steroid dienone is 3. The second-order valence-corrected chi connectivity index (χ2v) is 8.07. The minimum absolute atomic E-state index is 0.0934. The summed E-state index contributed by atoms with van der Waals surface area (Å²) in [6, 6.07) is 7.73. The molecule has 0 saturated carbocycles. The first kappa shape index (κ1) is 17.9. The summed E-state index contributed by atoms with van der Waals surface area (Å²) in [6.45, 7) is 5.81. The number of hydrogen-bond acceptors (Lipinski definition) is 4. The molecular weight excluding hydrogens is 382 g/mol. The average Bonchev–Trinajstić information content (AvgIpc) is 2.57. The lowest BCUT2D eigenvalue weighted by Gasteiger charge is -2.39. The predicted octanol–water partition coefficient (Wildman–Crippen LogP) is 4.23. The van der Waals surface area contributed by atoms with Crippen LogP contribution in [0.25, 0.3) is 0 Å². The maximum Gasteiger partial charge on any atom is 0.336 e. The summed E-state index contributed by atoms with van der Waals surface area (Å²) in [5.74, 6) is -0.740. The quantitative estimate of drug-likeness (QED) is 0.750. The van der Waals surface area contributed by atoms with Crippen molar-refractivity contribution in [3.05, 3.63) is 56.8 Å². The van der Waals surface area contributed by atoms with Gasteiger partial charge in [-0.3, -0.25) is 4.79 Å². The monoisotopic (exact) mass is 403 g/mol. The fourth-order valence-electron chi connectivity index (χ4n) is 3.68. The Bertz CT molecular complexity index is 820. The molecule has 3 rings (SSSR count). The first-order valence-electron chi connectivity index (χ1n) is 8.36. The van der Waals surface area contributed by atoms with Gasteiger partial charge in [0.05, 0.1) is 12.7 Å². The van der Waals surface area contributed by atoms with E-state index in [0.717, 1.165) is 34.3 Å². The Labute approximate surface area is 156 Å². The smallest absolute Gasteiger partial charge is 0.336 e. The molecule has 1 aliphatic heterocycles.